The van der Waals surface area contributed by atoms with Gasteiger partial charge in [-0.25, -0.2) is 0 Å². The number of halogens is 2. The van der Waals surface area contributed by atoms with Gasteiger partial charge in [-0.15, -0.1) is 23.2 Å². The molecule has 4 aliphatic rings. The van der Waals surface area contributed by atoms with Gasteiger partial charge in [0.1, 0.15) is 6.29 Å². The van der Waals surface area contributed by atoms with Crippen LogP contribution in [-0.4, -0.2) is 29.6 Å². The van der Waals surface area contributed by atoms with Crippen molar-refractivity contribution in [1.29, 1.82) is 0 Å². The van der Waals surface area contributed by atoms with Crippen LogP contribution in [0.2, 0.25) is 0 Å². The van der Waals surface area contributed by atoms with E-state index in [4.69, 9.17) is 27.9 Å². The van der Waals surface area contributed by atoms with E-state index < -0.39 is 4.87 Å². The highest BCUT2D eigenvalue weighted by atomic mass is 35.5. The Hall–Kier alpha value is -0.280. The number of aldehydes is 1. The van der Waals surface area contributed by atoms with E-state index >= 15 is 0 Å². The van der Waals surface area contributed by atoms with Gasteiger partial charge >= 0.3 is 5.97 Å². The highest BCUT2D eigenvalue weighted by Gasteiger charge is 2.64. The zero-order valence-corrected chi connectivity index (χ0v) is 18.2. The quantitative estimate of drug-likeness (QED) is 0.353. The zero-order valence-electron chi connectivity index (χ0n) is 16.7. The average molecular weight is 415 g/mol. The minimum absolute atomic E-state index is 0.127. The maximum atomic E-state index is 12.3. The fourth-order valence-electron chi connectivity index (χ4n) is 7.89. The van der Waals surface area contributed by atoms with Crippen LogP contribution in [0.1, 0.15) is 65.2 Å². The molecule has 4 fully saturated rings. The molecule has 5 heteroatoms. The van der Waals surface area contributed by atoms with Crippen LogP contribution in [0.4, 0.5) is 0 Å². The van der Waals surface area contributed by atoms with E-state index in [0.29, 0.717) is 24.2 Å². The Balaban J connectivity index is 1.62. The van der Waals surface area contributed by atoms with Gasteiger partial charge in [0, 0.05) is 5.92 Å². The number of methoxy groups -OCH3 is 1. The number of carbonyl (C=O) groups is 2. The molecule has 0 radical (unpaired) electrons. The Bertz CT molecular complexity index is 639. The summed E-state index contributed by atoms with van der Waals surface area (Å²) in [7, 11) is 1.40. The molecule has 27 heavy (non-hydrogen) atoms. The molecule has 2 unspecified atom stereocenters. The summed E-state index contributed by atoms with van der Waals surface area (Å²) in [5, 5.41) is -0.383. The van der Waals surface area contributed by atoms with Crippen molar-refractivity contribution in [2.24, 2.45) is 40.4 Å². The summed E-state index contributed by atoms with van der Waals surface area (Å²) in [6, 6.07) is 0. The molecule has 0 aromatic carbocycles. The standard InChI is InChI=1S/C22H32Cl2O3/c1-20-9-8-16-14(15(20)6-4-13(20)12-25)5-7-17-18(23)22(24,19(26)27-3)11-10-21(16,17)2/h12-18H,4-11H2,1-3H3/t13-,14+,15+,16+,17+,18?,20-,21-,22?/m1/s1. The molecule has 9 atom stereocenters. The number of hydrogen-bond donors (Lipinski definition) is 0. The number of carbonyl (C=O) groups excluding carboxylic acids is 2. The van der Waals surface area contributed by atoms with E-state index in [1.54, 1.807) is 0 Å². The monoisotopic (exact) mass is 414 g/mol. The number of esters is 1. The highest BCUT2D eigenvalue weighted by Crippen LogP contribution is 2.68. The van der Waals surface area contributed by atoms with E-state index in [2.05, 4.69) is 13.8 Å². The third-order valence-electron chi connectivity index (χ3n) is 9.52. The van der Waals surface area contributed by atoms with E-state index in [1.165, 1.54) is 26.2 Å². The molecule has 3 nitrogen and oxygen atoms in total. The molecule has 0 aromatic heterocycles. The van der Waals surface area contributed by atoms with Crippen molar-refractivity contribution < 1.29 is 14.3 Å². The molecule has 0 aliphatic heterocycles. The third-order valence-corrected chi connectivity index (χ3v) is 10.9. The molecule has 4 saturated carbocycles. The number of ether oxygens (including phenoxy) is 1. The molecule has 0 saturated heterocycles. The number of hydrogen-bond acceptors (Lipinski definition) is 3. The molecule has 0 heterocycles. The van der Waals surface area contributed by atoms with Crippen molar-refractivity contribution in [1.82, 2.24) is 0 Å². The van der Waals surface area contributed by atoms with Crippen molar-refractivity contribution in [3.63, 3.8) is 0 Å². The minimum Gasteiger partial charge on any atom is -0.468 e. The van der Waals surface area contributed by atoms with Gasteiger partial charge in [-0.05, 0) is 85.9 Å². The largest absolute Gasteiger partial charge is 0.468 e. The lowest BCUT2D eigenvalue weighted by Gasteiger charge is -2.62. The van der Waals surface area contributed by atoms with Crippen molar-refractivity contribution in [3.05, 3.63) is 0 Å². The van der Waals surface area contributed by atoms with Gasteiger partial charge in [-0.3, -0.25) is 4.79 Å². The van der Waals surface area contributed by atoms with E-state index in [-0.39, 0.29) is 34.0 Å². The SMILES string of the molecule is COC(=O)C1(Cl)CC[C@@]2(C)[C@@H](CC[C@@H]3[C@@H]2CC[C@]2(C)[C@@H](C=O)CC[C@@H]32)C1Cl. The Morgan fingerprint density at radius 3 is 2.30 bits per heavy atom. The van der Waals surface area contributed by atoms with E-state index in [1.807, 2.05) is 0 Å². The van der Waals surface area contributed by atoms with Crippen LogP contribution in [0.25, 0.3) is 0 Å². The smallest absolute Gasteiger partial charge is 0.328 e. The van der Waals surface area contributed by atoms with Crippen LogP contribution < -0.4 is 0 Å². The fourth-order valence-corrected chi connectivity index (χ4v) is 8.83. The van der Waals surface area contributed by atoms with Gasteiger partial charge < -0.3 is 9.53 Å². The molecule has 4 aliphatic carbocycles. The van der Waals surface area contributed by atoms with Crippen molar-refractivity contribution in [3.8, 4) is 0 Å². The van der Waals surface area contributed by atoms with Gasteiger partial charge in [-0.1, -0.05) is 13.8 Å². The predicted octanol–water partition coefficient (Wildman–Crippen LogP) is 5.21. The summed E-state index contributed by atoms with van der Waals surface area (Å²) in [6.07, 6.45) is 9.47. The van der Waals surface area contributed by atoms with Crippen LogP contribution in [0.5, 0.6) is 0 Å². The van der Waals surface area contributed by atoms with Crippen molar-refractivity contribution in [2.45, 2.75) is 75.5 Å². The van der Waals surface area contributed by atoms with Crippen LogP contribution in [0.15, 0.2) is 0 Å². The number of alkyl halides is 2. The second kappa shape index (κ2) is 6.62. The van der Waals surface area contributed by atoms with E-state index in [0.717, 1.165) is 32.1 Å². The second-order valence-electron chi connectivity index (χ2n) is 10.2. The molecule has 0 bridgehead atoms. The third kappa shape index (κ3) is 2.59. The second-order valence-corrected chi connectivity index (χ2v) is 11.3. The summed E-state index contributed by atoms with van der Waals surface area (Å²) < 4.78 is 4.99. The van der Waals surface area contributed by atoms with Crippen LogP contribution in [-0.2, 0) is 14.3 Å². The fraction of sp³-hybridized carbons (Fsp3) is 0.909. The van der Waals surface area contributed by atoms with Crippen molar-refractivity contribution in [2.75, 3.05) is 7.11 Å². The molecule has 4 rings (SSSR count). The zero-order chi connectivity index (χ0) is 19.6. The molecule has 0 spiro atoms. The Morgan fingerprint density at radius 1 is 0.963 bits per heavy atom. The first-order valence-corrected chi connectivity index (χ1v) is 11.4. The Kier molecular flexibility index (Phi) is 4.91. The average Bonchev–Trinajstić information content (AvgIpc) is 3.01. The maximum Gasteiger partial charge on any atom is 0.328 e. The summed E-state index contributed by atoms with van der Waals surface area (Å²) in [4.78, 5) is 22.9. The normalized spacial score (nSPS) is 54.4. The van der Waals surface area contributed by atoms with Gasteiger partial charge in [0.05, 0.1) is 12.5 Å². The highest BCUT2D eigenvalue weighted by molar-refractivity contribution is 6.40. The van der Waals surface area contributed by atoms with Gasteiger partial charge in [0.2, 0.25) is 0 Å². The molecule has 0 aromatic rings. The molecule has 0 amide bonds. The molecular weight excluding hydrogens is 383 g/mol. The molecule has 0 N–H and O–H groups in total. The van der Waals surface area contributed by atoms with E-state index in [9.17, 15) is 9.59 Å². The first-order chi connectivity index (χ1) is 12.7. The first-order valence-electron chi connectivity index (χ1n) is 10.6. The predicted molar refractivity (Wildman–Crippen MR) is 107 cm³/mol. The van der Waals surface area contributed by atoms with Gasteiger partial charge in [0.15, 0.2) is 4.87 Å². The van der Waals surface area contributed by atoms with Crippen molar-refractivity contribution >= 4 is 35.5 Å². The van der Waals surface area contributed by atoms with Gasteiger partial charge in [0.25, 0.3) is 0 Å². The summed E-state index contributed by atoms with van der Waals surface area (Å²) in [6.45, 7) is 4.76. The first kappa shape index (κ1) is 20.0. The van der Waals surface area contributed by atoms with Gasteiger partial charge in [-0.2, -0.15) is 0 Å². The topological polar surface area (TPSA) is 43.4 Å². The summed E-state index contributed by atoms with van der Waals surface area (Å²) in [5.74, 6) is 2.06. The Morgan fingerprint density at radius 2 is 1.63 bits per heavy atom. The number of rotatable bonds is 2. The number of fused-ring (bicyclic) bond motifs is 5. The lowest BCUT2D eigenvalue weighted by atomic mass is 9.44. The molecular formula is C22H32Cl2O3. The minimum atomic E-state index is -1.09. The van der Waals surface area contributed by atoms with Crippen LogP contribution >= 0.6 is 23.2 Å². The summed E-state index contributed by atoms with van der Waals surface area (Å²) >= 11 is 13.6. The summed E-state index contributed by atoms with van der Waals surface area (Å²) in [5.41, 5.74) is 0.311. The Labute approximate surface area is 172 Å². The molecule has 152 valence electrons. The van der Waals surface area contributed by atoms with Crippen LogP contribution in [0.3, 0.4) is 0 Å². The maximum absolute atomic E-state index is 12.3. The lowest BCUT2D eigenvalue weighted by molar-refractivity contribution is -0.151. The van der Waals surface area contributed by atoms with Crippen LogP contribution in [0, 0.1) is 40.4 Å². The lowest BCUT2D eigenvalue weighted by Crippen LogP contribution is -2.61.